The number of amides is 2. The van der Waals surface area contributed by atoms with Crippen molar-refractivity contribution < 1.29 is 9.59 Å². The van der Waals surface area contributed by atoms with Crippen LogP contribution in [-0.4, -0.2) is 23.0 Å². The second-order valence-electron chi connectivity index (χ2n) is 5.95. The van der Waals surface area contributed by atoms with Crippen LogP contribution >= 0.6 is 22.9 Å². The Kier molecular flexibility index (Phi) is 6.18. The lowest BCUT2D eigenvalue weighted by atomic mass is 10.1. The molecule has 0 bridgehead atoms. The third-order valence-corrected chi connectivity index (χ3v) is 4.84. The molecule has 1 aromatic heterocycles. The molecule has 6 nitrogen and oxygen atoms in total. The van der Waals surface area contributed by atoms with Crippen LogP contribution in [0.4, 0.5) is 10.8 Å². The summed E-state index contributed by atoms with van der Waals surface area (Å²) in [6, 6.07) is 14.2. The summed E-state index contributed by atoms with van der Waals surface area (Å²) in [7, 11) is 0. The summed E-state index contributed by atoms with van der Waals surface area (Å²) in [5, 5.41) is 6.70. The van der Waals surface area contributed by atoms with Gasteiger partial charge in [0.25, 0.3) is 5.91 Å². The van der Waals surface area contributed by atoms with Crippen LogP contribution in [0.1, 0.15) is 28.5 Å². The zero-order chi connectivity index (χ0) is 20.1. The zero-order valence-corrected chi connectivity index (χ0v) is 16.8. The van der Waals surface area contributed by atoms with Crippen LogP contribution in [-0.2, 0) is 4.79 Å². The fourth-order valence-corrected chi connectivity index (χ4v) is 3.43. The van der Waals surface area contributed by atoms with Gasteiger partial charge in [0.15, 0.2) is 5.13 Å². The molecule has 0 atom stereocenters. The smallest absolute Gasteiger partial charge is 0.271 e. The lowest BCUT2D eigenvalue weighted by Crippen LogP contribution is -2.22. The van der Waals surface area contributed by atoms with E-state index in [9.17, 15) is 9.59 Å². The molecular weight excluding hydrogens is 396 g/mol. The number of aryl methyl sites for hydroxylation is 1. The molecular formula is C20H17ClN4O2S. The van der Waals surface area contributed by atoms with Crippen molar-refractivity contribution in [2.24, 2.45) is 5.10 Å². The van der Waals surface area contributed by atoms with E-state index in [1.807, 2.05) is 19.1 Å². The molecule has 0 aliphatic carbocycles. The van der Waals surface area contributed by atoms with E-state index in [1.165, 1.54) is 29.4 Å². The number of hydrogen-bond donors (Lipinski definition) is 1. The number of hydrazone groups is 1. The highest BCUT2D eigenvalue weighted by molar-refractivity contribution is 7.14. The lowest BCUT2D eigenvalue weighted by molar-refractivity contribution is -0.115. The normalized spacial score (nSPS) is 10.8. The standard InChI is InChI=1S/C20H17ClN4O2S/c1-13-6-8-15(9-7-13)19(27)24-22-11-17-12-28-20(23-17)25(14(2)26)18-5-3-4-16(21)10-18/h3-12H,1-2H3,(H,24,27)/b22-11-. The fourth-order valence-electron chi connectivity index (χ4n) is 2.41. The zero-order valence-electron chi connectivity index (χ0n) is 15.2. The maximum Gasteiger partial charge on any atom is 0.271 e. The van der Waals surface area contributed by atoms with Crippen molar-refractivity contribution in [2.45, 2.75) is 13.8 Å². The van der Waals surface area contributed by atoms with Crippen molar-refractivity contribution in [3.05, 3.63) is 75.8 Å². The molecule has 2 amide bonds. The number of thiazole rings is 1. The van der Waals surface area contributed by atoms with Crippen LogP contribution in [0.25, 0.3) is 0 Å². The fraction of sp³-hybridized carbons (Fsp3) is 0.100. The largest absolute Gasteiger partial charge is 0.274 e. The molecule has 0 spiro atoms. The number of anilines is 2. The monoisotopic (exact) mass is 412 g/mol. The summed E-state index contributed by atoms with van der Waals surface area (Å²) in [6.07, 6.45) is 1.43. The highest BCUT2D eigenvalue weighted by Gasteiger charge is 2.17. The number of aromatic nitrogens is 1. The lowest BCUT2D eigenvalue weighted by Gasteiger charge is -2.18. The molecule has 2 aromatic carbocycles. The van der Waals surface area contributed by atoms with Crippen LogP contribution in [0.2, 0.25) is 5.02 Å². The van der Waals surface area contributed by atoms with Crippen LogP contribution in [0.5, 0.6) is 0 Å². The van der Waals surface area contributed by atoms with Gasteiger partial charge < -0.3 is 0 Å². The molecule has 1 N–H and O–H groups in total. The van der Waals surface area contributed by atoms with Crippen molar-refractivity contribution in [1.82, 2.24) is 10.4 Å². The van der Waals surface area contributed by atoms with E-state index in [1.54, 1.807) is 41.8 Å². The van der Waals surface area contributed by atoms with Gasteiger partial charge >= 0.3 is 0 Å². The van der Waals surface area contributed by atoms with E-state index in [0.29, 0.717) is 27.1 Å². The minimum atomic E-state index is -0.309. The molecule has 142 valence electrons. The second-order valence-corrected chi connectivity index (χ2v) is 7.23. The number of halogens is 1. The number of hydrogen-bond acceptors (Lipinski definition) is 5. The molecule has 0 saturated heterocycles. The van der Waals surface area contributed by atoms with Crippen molar-refractivity contribution in [3.63, 3.8) is 0 Å². The Labute approximate surface area is 171 Å². The molecule has 0 fully saturated rings. The predicted molar refractivity (Wildman–Crippen MR) is 113 cm³/mol. The van der Waals surface area contributed by atoms with Crippen LogP contribution in [0, 0.1) is 6.92 Å². The van der Waals surface area contributed by atoms with Gasteiger partial charge in [0, 0.05) is 22.9 Å². The Morgan fingerprint density at radius 2 is 1.96 bits per heavy atom. The first kappa shape index (κ1) is 19.7. The summed E-state index contributed by atoms with van der Waals surface area (Å²) in [4.78, 5) is 30.0. The van der Waals surface area contributed by atoms with Gasteiger partial charge in [0.05, 0.1) is 17.6 Å². The summed E-state index contributed by atoms with van der Waals surface area (Å²) >= 11 is 7.32. The summed E-state index contributed by atoms with van der Waals surface area (Å²) in [6.45, 7) is 3.41. The van der Waals surface area contributed by atoms with Gasteiger partial charge in [-0.05, 0) is 37.3 Å². The van der Waals surface area contributed by atoms with Gasteiger partial charge in [-0.2, -0.15) is 5.10 Å². The maximum atomic E-state index is 12.1. The molecule has 0 radical (unpaired) electrons. The Hall–Kier alpha value is -3.03. The third-order valence-electron chi connectivity index (χ3n) is 3.76. The first-order valence-electron chi connectivity index (χ1n) is 8.36. The first-order valence-corrected chi connectivity index (χ1v) is 9.61. The molecule has 8 heteroatoms. The molecule has 0 aliphatic heterocycles. The van der Waals surface area contributed by atoms with Crippen LogP contribution in [0.15, 0.2) is 59.0 Å². The maximum absolute atomic E-state index is 12.1. The van der Waals surface area contributed by atoms with Crippen molar-refractivity contribution in [3.8, 4) is 0 Å². The number of nitrogens with one attached hydrogen (secondary N) is 1. The Morgan fingerprint density at radius 1 is 1.21 bits per heavy atom. The van der Waals surface area contributed by atoms with E-state index in [0.717, 1.165) is 5.56 Å². The molecule has 0 saturated carbocycles. The molecule has 3 rings (SSSR count). The Bertz CT molecular complexity index is 1030. The van der Waals surface area contributed by atoms with Gasteiger partial charge in [0.2, 0.25) is 5.91 Å². The quantitative estimate of drug-likeness (QED) is 0.493. The number of carbonyl (C=O) groups is 2. The molecule has 1 heterocycles. The number of nitrogens with zero attached hydrogens (tertiary/aromatic N) is 3. The van der Waals surface area contributed by atoms with E-state index in [-0.39, 0.29) is 11.8 Å². The van der Waals surface area contributed by atoms with Crippen molar-refractivity contribution >= 4 is 51.8 Å². The summed E-state index contributed by atoms with van der Waals surface area (Å²) in [5.74, 6) is -0.497. The number of benzene rings is 2. The van der Waals surface area contributed by atoms with E-state index in [2.05, 4.69) is 15.5 Å². The molecule has 28 heavy (non-hydrogen) atoms. The van der Waals surface area contributed by atoms with Crippen molar-refractivity contribution in [1.29, 1.82) is 0 Å². The minimum absolute atomic E-state index is 0.187. The van der Waals surface area contributed by atoms with Gasteiger partial charge in [-0.15, -0.1) is 11.3 Å². The SMILES string of the molecule is CC(=O)N(c1cccc(Cl)c1)c1nc(/C=N\NC(=O)c2ccc(C)cc2)cs1. The summed E-state index contributed by atoms with van der Waals surface area (Å²) in [5.41, 5.74) is 5.21. The second kappa shape index (κ2) is 8.77. The average molecular weight is 413 g/mol. The van der Waals surface area contributed by atoms with Gasteiger partial charge in [-0.25, -0.2) is 10.4 Å². The molecule has 3 aromatic rings. The van der Waals surface area contributed by atoms with Crippen LogP contribution < -0.4 is 10.3 Å². The number of carbonyl (C=O) groups excluding carboxylic acids is 2. The van der Waals surface area contributed by atoms with Gasteiger partial charge in [0.1, 0.15) is 0 Å². The van der Waals surface area contributed by atoms with Crippen molar-refractivity contribution in [2.75, 3.05) is 4.90 Å². The molecule has 0 aliphatic rings. The molecule has 0 unspecified atom stereocenters. The van der Waals surface area contributed by atoms with E-state index >= 15 is 0 Å². The predicted octanol–water partition coefficient (Wildman–Crippen LogP) is 4.55. The van der Waals surface area contributed by atoms with E-state index in [4.69, 9.17) is 11.6 Å². The minimum Gasteiger partial charge on any atom is -0.274 e. The van der Waals surface area contributed by atoms with Gasteiger partial charge in [-0.1, -0.05) is 35.4 Å². The highest BCUT2D eigenvalue weighted by Crippen LogP contribution is 2.30. The average Bonchev–Trinajstić information content (AvgIpc) is 3.10. The summed E-state index contributed by atoms with van der Waals surface area (Å²) < 4.78 is 0. The first-order chi connectivity index (χ1) is 13.4. The van der Waals surface area contributed by atoms with Gasteiger partial charge in [-0.3, -0.25) is 14.5 Å². The number of rotatable bonds is 5. The highest BCUT2D eigenvalue weighted by atomic mass is 35.5. The third kappa shape index (κ3) is 4.82. The topological polar surface area (TPSA) is 74.7 Å². The Balaban J connectivity index is 1.72. The van der Waals surface area contributed by atoms with E-state index < -0.39 is 0 Å². The van der Waals surface area contributed by atoms with Crippen LogP contribution in [0.3, 0.4) is 0 Å². The Morgan fingerprint density at radius 3 is 2.64 bits per heavy atom.